The summed E-state index contributed by atoms with van der Waals surface area (Å²) in [6, 6.07) is 13.6. The molecule has 21 heavy (non-hydrogen) atoms. The van der Waals surface area contributed by atoms with Gasteiger partial charge in [0.05, 0.1) is 0 Å². The SMILES string of the molecule is CNC(CCc1ccncc1)c1cccc(CC(C)C)c1. The minimum Gasteiger partial charge on any atom is -0.313 e. The van der Waals surface area contributed by atoms with Gasteiger partial charge in [-0.3, -0.25) is 4.98 Å². The van der Waals surface area contributed by atoms with E-state index in [2.05, 4.69) is 60.5 Å². The maximum Gasteiger partial charge on any atom is 0.0320 e. The number of hydrogen-bond acceptors (Lipinski definition) is 2. The van der Waals surface area contributed by atoms with Gasteiger partial charge in [-0.25, -0.2) is 0 Å². The number of rotatable bonds is 7. The second-order valence-electron chi connectivity index (χ2n) is 6.08. The quantitative estimate of drug-likeness (QED) is 0.824. The van der Waals surface area contributed by atoms with Gasteiger partial charge in [0.2, 0.25) is 0 Å². The third-order valence-corrected chi connectivity index (χ3v) is 3.82. The van der Waals surface area contributed by atoms with E-state index in [1.165, 1.54) is 16.7 Å². The maximum absolute atomic E-state index is 4.07. The summed E-state index contributed by atoms with van der Waals surface area (Å²) in [5.41, 5.74) is 4.18. The van der Waals surface area contributed by atoms with Gasteiger partial charge in [0, 0.05) is 18.4 Å². The van der Waals surface area contributed by atoms with Crippen LogP contribution in [0.1, 0.15) is 43.0 Å². The Balaban J connectivity index is 2.03. The maximum atomic E-state index is 4.07. The van der Waals surface area contributed by atoms with Crippen molar-refractivity contribution < 1.29 is 0 Å². The highest BCUT2D eigenvalue weighted by molar-refractivity contribution is 5.26. The van der Waals surface area contributed by atoms with Crippen LogP contribution in [0.25, 0.3) is 0 Å². The van der Waals surface area contributed by atoms with Crippen LogP contribution in [0.4, 0.5) is 0 Å². The Labute approximate surface area is 128 Å². The molecule has 1 heterocycles. The molecule has 2 heteroatoms. The van der Waals surface area contributed by atoms with E-state index in [0.717, 1.165) is 19.3 Å². The lowest BCUT2D eigenvalue weighted by molar-refractivity contribution is 0.547. The minimum atomic E-state index is 0.408. The van der Waals surface area contributed by atoms with Gasteiger partial charge < -0.3 is 5.32 Å². The summed E-state index contributed by atoms with van der Waals surface area (Å²) in [6.45, 7) is 4.54. The van der Waals surface area contributed by atoms with Crippen molar-refractivity contribution in [1.82, 2.24) is 10.3 Å². The Hall–Kier alpha value is -1.67. The molecule has 2 nitrogen and oxygen atoms in total. The zero-order valence-electron chi connectivity index (χ0n) is 13.3. The van der Waals surface area contributed by atoms with E-state index < -0.39 is 0 Å². The van der Waals surface area contributed by atoms with Crippen molar-refractivity contribution in [2.24, 2.45) is 5.92 Å². The lowest BCUT2D eigenvalue weighted by Gasteiger charge is -2.18. The zero-order chi connectivity index (χ0) is 15.1. The third kappa shape index (κ3) is 4.98. The van der Waals surface area contributed by atoms with Crippen LogP contribution in [-0.4, -0.2) is 12.0 Å². The van der Waals surface area contributed by atoms with Crippen LogP contribution in [-0.2, 0) is 12.8 Å². The van der Waals surface area contributed by atoms with E-state index in [1.807, 2.05) is 19.4 Å². The van der Waals surface area contributed by atoms with Gasteiger partial charge in [0.15, 0.2) is 0 Å². The lowest BCUT2D eigenvalue weighted by Crippen LogP contribution is -2.17. The topological polar surface area (TPSA) is 24.9 Å². The van der Waals surface area contributed by atoms with Gasteiger partial charge in [0.1, 0.15) is 0 Å². The molecule has 0 amide bonds. The second-order valence-corrected chi connectivity index (χ2v) is 6.08. The van der Waals surface area contributed by atoms with Crippen LogP contribution in [0.15, 0.2) is 48.8 Å². The molecule has 1 atom stereocenters. The molecule has 1 N–H and O–H groups in total. The van der Waals surface area contributed by atoms with Crippen LogP contribution in [0.5, 0.6) is 0 Å². The molecule has 2 rings (SSSR count). The summed E-state index contributed by atoms with van der Waals surface area (Å²) in [6.07, 6.45) is 7.06. The van der Waals surface area contributed by atoms with Gasteiger partial charge in [-0.05, 0) is 61.1 Å². The van der Waals surface area contributed by atoms with Crippen LogP contribution < -0.4 is 5.32 Å². The molecule has 1 aromatic carbocycles. The number of nitrogens with zero attached hydrogens (tertiary/aromatic N) is 1. The van der Waals surface area contributed by atoms with Gasteiger partial charge in [-0.15, -0.1) is 0 Å². The number of nitrogens with one attached hydrogen (secondary N) is 1. The highest BCUT2D eigenvalue weighted by Gasteiger charge is 2.10. The monoisotopic (exact) mass is 282 g/mol. The number of benzene rings is 1. The van der Waals surface area contributed by atoms with Crippen molar-refractivity contribution in [3.05, 3.63) is 65.5 Å². The summed E-state index contributed by atoms with van der Waals surface area (Å²) < 4.78 is 0. The summed E-state index contributed by atoms with van der Waals surface area (Å²) in [4.78, 5) is 4.07. The predicted molar refractivity (Wildman–Crippen MR) is 89.3 cm³/mol. The number of hydrogen-bond donors (Lipinski definition) is 1. The van der Waals surface area contributed by atoms with Crippen LogP contribution in [0.3, 0.4) is 0 Å². The Morgan fingerprint density at radius 2 is 1.81 bits per heavy atom. The molecular formula is C19H26N2. The van der Waals surface area contributed by atoms with Crippen molar-refractivity contribution in [1.29, 1.82) is 0 Å². The molecule has 2 aromatic rings. The largest absolute Gasteiger partial charge is 0.313 e. The minimum absolute atomic E-state index is 0.408. The van der Waals surface area contributed by atoms with E-state index in [4.69, 9.17) is 0 Å². The molecule has 0 radical (unpaired) electrons. The molecule has 0 aliphatic rings. The van der Waals surface area contributed by atoms with Gasteiger partial charge >= 0.3 is 0 Å². The molecule has 0 bridgehead atoms. The highest BCUT2D eigenvalue weighted by atomic mass is 14.9. The van der Waals surface area contributed by atoms with E-state index in [9.17, 15) is 0 Å². The summed E-state index contributed by atoms with van der Waals surface area (Å²) in [5.74, 6) is 0.699. The Kier molecular flexibility index (Phi) is 5.94. The summed E-state index contributed by atoms with van der Waals surface area (Å²) >= 11 is 0. The van der Waals surface area contributed by atoms with Crippen molar-refractivity contribution in [3.63, 3.8) is 0 Å². The fourth-order valence-electron chi connectivity index (χ4n) is 2.75. The first kappa shape index (κ1) is 15.7. The zero-order valence-corrected chi connectivity index (χ0v) is 13.3. The third-order valence-electron chi connectivity index (χ3n) is 3.82. The van der Waals surface area contributed by atoms with E-state index in [1.54, 1.807) is 0 Å². The van der Waals surface area contributed by atoms with Gasteiger partial charge in [-0.1, -0.05) is 38.1 Å². The molecule has 0 saturated carbocycles. The average Bonchev–Trinajstić information content (AvgIpc) is 2.49. The van der Waals surface area contributed by atoms with Crippen LogP contribution in [0, 0.1) is 5.92 Å². The molecule has 0 spiro atoms. The lowest BCUT2D eigenvalue weighted by atomic mass is 9.95. The smallest absolute Gasteiger partial charge is 0.0320 e. The molecule has 0 aliphatic heterocycles. The fraction of sp³-hybridized carbons (Fsp3) is 0.421. The van der Waals surface area contributed by atoms with Crippen LogP contribution in [0.2, 0.25) is 0 Å². The average molecular weight is 282 g/mol. The first-order valence-electron chi connectivity index (χ1n) is 7.84. The Bertz CT molecular complexity index is 534. The van der Waals surface area contributed by atoms with Crippen molar-refractivity contribution in [2.75, 3.05) is 7.05 Å². The number of aryl methyl sites for hydroxylation is 1. The summed E-state index contributed by atoms with van der Waals surface area (Å²) in [5, 5.41) is 3.45. The molecule has 112 valence electrons. The molecule has 1 unspecified atom stereocenters. The van der Waals surface area contributed by atoms with E-state index >= 15 is 0 Å². The number of aromatic nitrogens is 1. The molecule has 0 aliphatic carbocycles. The second kappa shape index (κ2) is 7.94. The standard InChI is InChI=1S/C19H26N2/c1-15(2)13-17-5-4-6-18(14-17)19(20-3)8-7-16-9-11-21-12-10-16/h4-6,9-12,14-15,19-20H,7-8,13H2,1-3H3. The van der Waals surface area contributed by atoms with Gasteiger partial charge in [0.25, 0.3) is 0 Å². The Morgan fingerprint density at radius 1 is 1.05 bits per heavy atom. The highest BCUT2D eigenvalue weighted by Crippen LogP contribution is 2.21. The van der Waals surface area contributed by atoms with Crippen LogP contribution >= 0.6 is 0 Å². The fourth-order valence-corrected chi connectivity index (χ4v) is 2.75. The molecule has 1 aromatic heterocycles. The molecule has 0 fully saturated rings. The van der Waals surface area contributed by atoms with E-state index in [-0.39, 0.29) is 0 Å². The molecule has 0 saturated heterocycles. The number of pyridine rings is 1. The normalized spacial score (nSPS) is 12.6. The van der Waals surface area contributed by atoms with Crippen molar-refractivity contribution in [3.8, 4) is 0 Å². The summed E-state index contributed by atoms with van der Waals surface area (Å²) in [7, 11) is 2.05. The Morgan fingerprint density at radius 3 is 2.48 bits per heavy atom. The molecular weight excluding hydrogens is 256 g/mol. The first-order valence-corrected chi connectivity index (χ1v) is 7.84. The van der Waals surface area contributed by atoms with E-state index in [0.29, 0.717) is 12.0 Å². The first-order chi connectivity index (χ1) is 10.2. The predicted octanol–water partition coefficient (Wildman–Crippen LogP) is 4.17. The van der Waals surface area contributed by atoms with Crippen molar-refractivity contribution >= 4 is 0 Å². The van der Waals surface area contributed by atoms with Crippen molar-refractivity contribution in [2.45, 2.75) is 39.2 Å². The van der Waals surface area contributed by atoms with Gasteiger partial charge in [-0.2, -0.15) is 0 Å².